The van der Waals surface area contributed by atoms with Crippen LogP contribution in [0.1, 0.15) is 40.0 Å². The highest BCUT2D eigenvalue weighted by Crippen LogP contribution is 2.33. The van der Waals surface area contributed by atoms with Crippen molar-refractivity contribution in [2.75, 3.05) is 11.0 Å². The van der Waals surface area contributed by atoms with Gasteiger partial charge in [-0.1, -0.05) is 48.8 Å². The molecule has 0 heterocycles. The fourth-order valence-corrected chi connectivity index (χ4v) is 1.76. The normalized spacial score (nSPS) is 21.2. The van der Waals surface area contributed by atoms with Crippen LogP contribution in [-0.4, -0.2) is 16.6 Å². The van der Waals surface area contributed by atoms with E-state index < -0.39 is 0 Å². The largest absolute Gasteiger partial charge is 0.374 e. The third kappa shape index (κ3) is 3.74. The molecule has 0 radical (unpaired) electrons. The zero-order chi connectivity index (χ0) is 9.90. The van der Waals surface area contributed by atoms with Crippen molar-refractivity contribution in [3.05, 3.63) is 0 Å². The van der Waals surface area contributed by atoms with Gasteiger partial charge < -0.3 is 4.74 Å². The number of halogens is 1. The maximum Gasteiger partial charge on any atom is 0.0715 e. The number of alkyl halides is 1. The van der Waals surface area contributed by atoms with E-state index >= 15 is 0 Å². The number of hydrogen-bond donors (Lipinski definition) is 0. The van der Waals surface area contributed by atoms with Crippen LogP contribution in [0.15, 0.2) is 0 Å². The monoisotopic (exact) mass is 296 g/mol. The summed E-state index contributed by atoms with van der Waals surface area (Å²) >= 11 is 2.39. The van der Waals surface area contributed by atoms with Crippen molar-refractivity contribution in [3.63, 3.8) is 0 Å². The van der Waals surface area contributed by atoms with Gasteiger partial charge in [-0.05, 0) is 25.7 Å². The summed E-state index contributed by atoms with van der Waals surface area (Å²) in [4.78, 5) is 0. The van der Waals surface area contributed by atoms with Crippen molar-refractivity contribution in [3.8, 4) is 0 Å². The van der Waals surface area contributed by atoms with Gasteiger partial charge in [-0.25, -0.2) is 0 Å². The second kappa shape index (κ2) is 4.96. The Morgan fingerprint density at radius 1 is 1.46 bits per heavy atom. The van der Waals surface area contributed by atoms with Crippen LogP contribution in [0.4, 0.5) is 0 Å². The van der Waals surface area contributed by atoms with Crippen molar-refractivity contribution in [2.45, 2.75) is 45.6 Å². The molecular formula is C11H21IO. The van der Waals surface area contributed by atoms with E-state index in [2.05, 4.69) is 43.4 Å². The summed E-state index contributed by atoms with van der Waals surface area (Å²) in [6.07, 6.45) is 4.29. The maximum absolute atomic E-state index is 5.89. The summed E-state index contributed by atoms with van der Waals surface area (Å²) in [7, 11) is 0. The molecule has 78 valence electrons. The van der Waals surface area contributed by atoms with Crippen LogP contribution in [0.5, 0.6) is 0 Å². The van der Waals surface area contributed by atoms with Gasteiger partial charge in [-0.3, -0.25) is 0 Å². The zero-order valence-corrected chi connectivity index (χ0v) is 11.1. The predicted molar refractivity (Wildman–Crippen MR) is 65.4 cm³/mol. The summed E-state index contributed by atoms with van der Waals surface area (Å²) < 4.78 is 6.96. The highest BCUT2D eigenvalue weighted by molar-refractivity contribution is 14.1. The Hall–Kier alpha value is 0.690. The van der Waals surface area contributed by atoms with Crippen molar-refractivity contribution < 1.29 is 4.74 Å². The lowest BCUT2D eigenvalue weighted by atomic mass is 9.77. The van der Waals surface area contributed by atoms with Crippen LogP contribution >= 0.6 is 22.6 Å². The Morgan fingerprint density at radius 2 is 2.08 bits per heavy atom. The van der Waals surface area contributed by atoms with Crippen LogP contribution in [0, 0.1) is 11.8 Å². The quantitative estimate of drug-likeness (QED) is 0.556. The van der Waals surface area contributed by atoms with Gasteiger partial charge in [-0.2, -0.15) is 0 Å². The summed E-state index contributed by atoms with van der Waals surface area (Å²) in [6, 6.07) is 0. The van der Waals surface area contributed by atoms with Gasteiger partial charge in [0.2, 0.25) is 0 Å². The molecule has 0 aromatic carbocycles. The van der Waals surface area contributed by atoms with Crippen molar-refractivity contribution in [2.24, 2.45) is 11.8 Å². The lowest BCUT2D eigenvalue weighted by Crippen LogP contribution is -2.31. The van der Waals surface area contributed by atoms with Gasteiger partial charge in [0.1, 0.15) is 0 Å². The average Bonchev–Trinajstić information content (AvgIpc) is 1.98. The van der Waals surface area contributed by atoms with Gasteiger partial charge in [0.15, 0.2) is 0 Å². The fraction of sp³-hybridized carbons (Fsp3) is 1.00. The van der Waals surface area contributed by atoms with Crippen LogP contribution in [0.2, 0.25) is 0 Å². The fourth-order valence-electron chi connectivity index (χ4n) is 1.54. The maximum atomic E-state index is 5.89. The number of rotatable bonds is 5. The zero-order valence-electron chi connectivity index (χ0n) is 8.98. The molecule has 1 saturated carbocycles. The standard InChI is InChI=1S/C11H21IO/c1-9(10-5-4-6-10)7-13-11(2,3)8-12/h9-10H,4-8H2,1-3H3. The molecule has 0 aliphatic heterocycles. The van der Waals surface area contributed by atoms with Gasteiger partial charge >= 0.3 is 0 Å². The molecule has 13 heavy (non-hydrogen) atoms. The highest BCUT2D eigenvalue weighted by Gasteiger charge is 2.26. The second-order valence-electron chi connectivity index (χ2n) is 4.87. The van der Waals surface area contributed by atoms with Crippen LogP contribution in [0.25, 0.3) is 0 Å². The number of hydrogen-bond acceptors (Lipinski definition) is 1. The third-order valence-electron chi connectivity index (χ3n) is 3.01. The molecule has 0 saturated heterocycles. The molecule has 1 fully saturated rings. The predicted octanol–water partition coefficient (Wildman–Crippen LogP) is 3.65. The topological polar surface area (TPSA) is 9.23 Å². The summed E-state index contributed by atoms with van der Waals surface area (Å²) in [5, 5.41) is 0. The molecule has 0 aromatic rings. The highest BCUT2D eigenvalue weighted by atomic mass is 127. The second-order valence-corrected chi connectivity index (χ2v) is 5.64. The summed E-state index contributed by atoms with van der Waals surface area (Å²) in [6.45, 7) is 7.62. The lowest BCUT2D eigenvalue weighted by Gasteiger charge is -2.33. The Labute approximate surface area is 95.8 Å². The molecular weight excluding hydrogens is 275 g/mol. The smallest absolute Gasteiger partial charge is 0.0715 e. The molecule has 1 aliphatic carbocycles. The third-order valence-corrected chi connectivity index (χ3v) is 4.85. The van der Waals surface area contributed by atoms with Crippen LogP contribution < -0.4 is 0 Å². The first-order chi connectivity index (χ1) is 6.05. The molecule has 0 bridgehead atoms. The molecule has 0 amide bonds. The van der Waals surface area contributed by atoms with Crippen LogP contribution in [-0.2, 0) is 4.74 Å². The first-order valence-corrected chi connectivity index (χ1v) is 6.77. The molecule has 1 nitrogen and oxygen atoms in total. The van der Waals surface area contributed by atoms with E-state index in [1.165, 1.54) is 19.3 Å². The Morgan fingerprint density at radius 3 is 2.46 bits per heavy atom. The number of ether oxygens (including phenoxy) is 1. The Balaban J connectivity index is 2.17. The van der Waals surface area contributed by atoms with Crippen molar-refractivity contribution >= 4 is 22.6 Å². The van der Waals surface area contributed by atoms with Gasteiger partial charge in [-0.15, -0.1) is 0 Å². The molecule has 1 aliphatic rings. The van der Waals surface area contributed by atoms with Gasteiger partial charge in [0.25, 0.3) is 0 Å². The molecule has 2 heteroatoms. The SMILES string of the molecule is CC(COC(C)(C)CI)C1CCC1. The minimum Gasteiger partial charge on any atom is -0.374 e. The van der Waals surface area contributed by atoms with E-state index in [9.17, 15) is 0 Å². The molecule has 0 aromatic heterocycles. The molecule has 1 atom stereocenters. The van der Waals surface area contributed by atoms with E-state index in [1.54, 1.807) is 0 Å². The molecule has 0 N–H and O–H groups in total. The van der Waals surface area contributed by atoms with E-state index in [0.29, 0.717) is 0 Å². The Kier molecular flexibility index (Phi) is 4.49. The Bertz CT molecular complexity index is 152. The minimum absolute atomic E-state index is 0.0680. The van der Waals surface area contributed by atoms with Crippen molar-refractivity contribution in [1.82, 2.24) is 0 Å². The lowest BCUT2D eigenvalue weighted by molar-refractivity contribution is -0.0309. The van der Waals surface area contributed by atoms with Crippen LogP contribution in [0.3, 0.4) is 0 Å². The van der Waals surface area contributed by atoms with E-state index in [-0.39, 0.29) is 5.60 Å². The average molecular weight is 296 g/mol. The van der Waals surface area contributed by atoms with E-state index in [1.807, 2.05) is 0 Å². The van der Waals surface area contributed by atoms with Gasteiger partial charge in [0, 0.05) is 4.43 Å². The van der Waals surface area contributed by atoms with Crippen molar-refractivity contribution in [1.29, 1.82) is 0 Å². The van der Waals surface area contributed by atoms with E-state index in [4.69, 9.17) is 4.74 Å². The first-order valence-electron chi connectivity index (χ1n) is 5.25. The summed E-state index contributed by atoms with van der Waals surface area (Å²) in [5.74, 6) is 1.71. The van der Waals surface area contributed by atoms with E-state index in [0.717, 1.165) is 22.9 Å². The molecule has 1 unspecified atom stereocenters. The summed E-state index contributed by atoms with van der Waals surface area (Å²) in [5.41, 5.74) is 0.0680. The first kappa shape index (κ1) is 11.8. The molecule has 0 spiro atoms. The molecule has 1 rings (SSSR count). The van der Waals surface area contributed by atoms with Gasteiger partial charge in [0.05, 0.1) is 12.2 Å². The minimum atomic E-state index is 0.0680.